The molecule has 2 aromatic carbocycles. The highest BCUT2D eigenvalue weighted by Gasteiger charge is 2.20. The molecule has 0 fully saturated rings. The van der Waals surface area contributed by atoms with Gasteiger partial charge in [0.15, 0.2) is 0 Å². The van der Waals surface area contributed by atoms with Gasteiger partial charge in [-0.15, -0.1) is 10.2 Å². The van der Waals surface area contributed by atoms with Crippen molar-refractivity contribution in [3.05, 3.63) is 53.6 Å². The van der Waals surface area contributed by atoms with Gasteiger partial charge in [0, 0.05) is 12.6 Å². The number of nitrogens with zero attached hydrogens (tertiary/aromatic N) is 2. The van der Waals surface area contributed by atoms with Crippen molar-refractivity contribution in [2.45, 2.75) is 30.9 Å². The standard InChI is InChI=1S/C21H23N3O4S/c1-13-5-7-15(8-6-13)12-22-19(25)14(2)29-21-24-23-20(28-21)17-10-9-16(26-3)11-18(17)27-4/h5-11,14H,12H2,1-4H3,(H,22,25)/t14-/m1/s1. The molecule has 1 atom stereocenters. The number of thioether (sulfide) groups is 1. The van der Waals surface area contributed by atoms with E-state index in [4.69, 9.17) is 13.9 Å². The van der Waals surface area contributed by atoms with Gasteiger partial charge < -0.3 is 19.2 Å². The summed E-state index contributed by atoms with van der Waals surface area (Å²) < 4.78 is 16.3. The molecule has 152 valence electrons. The van der Waals surface area contributed by atoms with Gasteiger partial charge in [0.25, 0.3) is 11.1 Å². The molecule has 3 aromatic rings. The molecule has 29 heavy (non-hydrogen) atoms. The number of hydrogen-bond donors (Lipinski definition) is 1. The first-order chi connectivity index (χ1) is 14.0. The number of amides is 1. The molecule has 1 aromatic heterocycles. The van der Waals surface area contributed by atoms with Crippen LogP contribution in [0.4, 0.5) is 0 Å². The van der Waals surface area contributed by atoms with Gasteiger partial charge in [-0.2, -0.15) is 0 Å². The van der Waals surface area contributed by atoms with Gasteiger partial charge in [0.1, 0.15) is 11.5 Å². The molecule has 0 bridgehead atoms. The number of nitrogens with one attached hydrogen (secondary N) is 1. The molecule has 1 amide bonds. The SMILES string of the molecule is COc1ccc(-c2nnc(S[C@H](C)C(=O)NCc3ccc(C)cc3)o2)c(OC)c1. The number of aryl methyl sites for hydroxylation is 1. The lowest BCUT2D eigenvalue weighted by Crippen LogP contribution is -2.30. The Morgan fingerprint density at radius 3 is 2.59 bits per heavy atom. The van der Waals surface area contributed by atoms with Crippen molar-refractivity contribution in [1.29, 1.82) is 0 Å². The first-order valence-corrected chi connectivity index (χ1v) is 9.94. The summed E-state index contributed by atoms with van der Waals surface area (Å²) in [6.45, 7) is 4.30. The molecule has 0 radical (unpaired) electrons. The fourth-order valence-corrected chi connectivity index (χ4v) is 3.29. The van der Waals surface area contributed by atoms with Gasteiger partial charge in [0.05, 0.1) is 25.0 Å². The summed E-state index contributed by atoms with van der Waals surface area (Å²) in [5.74, 6) is 1.45. The van der Waals surface area contributed by atoms with Crippen molar-refractivity contribution >= 4 is 17.7 Å². The van der Waals surface area contributed by atoms with Crippen molar-refractivity contribution in [2.75, 3.05) is 14.2 Å². The Hall–Kier alpha value is -3.00. The first kappa shape index (κ1) is 20.7. The predicted octanol–water partition coefficient (Wildman–Crippen LogP) is 3.86. The van der Waals surface area contributed by atoms with E-state index in [1.807, 2.05) is 31.2 Å². The highest BCUT2D eigenvalue weighted by molar-refractivity contribution is 8.00. The third kappa shape index (κ3) is 5.29. The zero-order valence-corrected chi connectivity index (χ0v) is 17.6. The fraction of sp³-hybridized carbons (Fsp3) is 0.286. The zero-order chi connectivity index (χ0) is 20.8. The molecular formula is C21H23N3O4S. The van der Waals surface area contributed by atoms with Crippen LogP contribution >= 0.6 is 11.8 Å². The lowest BCUT2D eigenvalue weighted by atomic mass is 10.1. The Balaban J connectivity index is 1.62. The highest BCUT2D eigenvalue weighted by Crippen LogP contribution is 2.34. The van der Waals surface area contributed by atoms with Crippen LogP contribution in [0.15, 0.2) is 52.1 Å². The number of ether oxygens (including phenoxy) is 2. The van der Waals surface area contributed by atoms with Gasteiger partial charge in [0.2, 0.25) is 5.91 Å². The van der Waals surface area contributed by atoms with Crippen LogP contribution in [-0.2, 0) is 11.3 Å². The van der Waals surface area contributed by atoms with Gasteiger partial charge in [-0.25, -0.2) is 0 Å². The predicted molar refractivity (Wildman–Crippen MR) is 111 cm³/mol. The third-order valence-corrected chi connectivity index (χ3v) is 5.21. The van der Waals surface area contributed by atoms with Crippen molar-refractivity contribution in [2.24, 2.45) is 0 Å². The smallest absolute Gasteiger partial charge is 0.277 e. The summed E-state index contributed by atoms with van der Waals surface area (Å²) in [5.41, 5.74) is 2.89. The highest BCUT2D eigenvalue weighted by atomic mass is 32.2. The summed E-state index contributed by atoms with van der Waals surface area (Å²) in [6.07, 6.45) is 0. The van der Waals surface area contributed by atoms with Gasteiger partial charge >= 0.3 is 0 Å². The number of carbonyl (C=O) groups excluding carboxylic acids is 1. The minimum atomic E-state index is -0.383. The van der Waals surface area contributed by atoms with Crippen LogP contribution in [0.1, 0.15) is 18.1 Å². The minimum absolute atomic E-state index is 0.0997. The maximum Gasteiger partial charge on any atom is 0.277 e. The molecule has 0 saturated carbocycles. The second-order valence-corrected chi connectivity index (χ2v) is 7.69. The molecule has 1 heterocycles. The summed E-state index contributed by atoms with van der Waals surface area (Å²) >= 11 is 1.21. The van der Waals surface area contributed by atoms with Crippen LogP contribution in [0.5, 0.6) is 11.5 Å². The molecule has 0 aliphatic carbocycles. The van der Waals surface area contributed by atoms with E-state index in [-0.39, 0.29) is 11.2 Å². The quantitative estimate of drug-likeness (QED) is 0.561. The van der Waals surface area contributed by atoms with E-state index >= 15 is 0 Å². The molecule has 0 unspecified atom stereocenters. The zero-order valence-electron chi connectivity index (χ0n) is 16.8. The van der Waals surface area contributed by atoms with Crippen LogP contribution in [0.3, 0.4) is 0 Å². The Kier molecular flexibility index (Phi) is 6.77. The Labute approximate surface area is 173 Å². The van der Waals surface area contributed by atoms with Gasteiger partial charge in [-0.1, -0.05) is 41.6 Å². The molecule has 3 rings (SSSR count). The largest absolute Gasteiger partial charge is 0.497 e. The van der Waals surface area contributed by atoms with E-state index in [9.17, 15) is 4.79 Å². The molecule has 8 heteroatoms. The Bertz CT molecular complexity index is 972. The molecular weight excluding hydrogens is 390 g/mol. The monoisotopic (exact) mass is 413 g/mol. The normalized spacial score (nSPS) is 11.7. The topological polar surface area (TPSA) is 86.5 Å². The molecule has 0 saturated heterocycles. The summed E-state index contributed by atoms with van der Waals surface area (Å²) in [5, 5.41) is 11.0. The Morgan fingerprint density at radius 2 is 1.90 bits per heavy atom. The van der Waals surface area contributed by atoms with Crippen molar-refractivity contribution in [3.8, 4) is 23.0 Å². The maximum atomic E-state index is 12.4. The first-order valence-electron chi connectivity index (χ1n) is 9.06. The van der Waals surface area contributed by atoms with Crippen LogP contribution in [0.25, 0.3) is 11.5 Å². The second-order valence-electron chi connectivity index (χ2n) is 6.40. The van der Waals surface area contributed by atoms with Crippen LogP contribution in [-0.4, -0.2) is 35.6 Å². The van der Waals surface area contributed by atoms with Crippen LogP contribution in [0, 0.1) is 6.92 Å². The number of methoxy groups -OCH3 is 2. The van der Waals surface area contributed by atoms with E-state index in [1.165, 1.54) is 17.3 Å². The number of aromatic nitrogens is 2. The summed E-state index contributed by atoms with van der Waals surface area (Å²) in [4.78, 5) is 12.4. The summed E-state index contributed by atoms with van der Waals surface area (Å²) in [6, 6.07) is 13.4. The van der Waals surface area contributed by atoms with E-state index in [0.717, 1.165) is 5.56 Å². The molecule has 1 N–H and O–H groups in total. The third-order valence-electron chi connectivity index (χ3n) is 4.28. The second kappa shape index (κ2) is 9.47. The fourth-order valence-electron chi connectivity index (χ4n) is 2.59. The van der Waals surface area contributed by atoms with Gasteiger partial charge in [-0.3, -0.25) is 4.79 Å². The van der Waals surface area contributed by atoms with E-state index in [1.54, 1.807) is 39.3 Å². The number of benzene rings is 2. The van der Waals surface area contributed by atoms with E-state index in [2.05, 4.69) is 15.5 Å². The Morgan fingerprint density at radius 1 is 1.14 bits per heavy atom. The molecule has 7 nitrogen and oxygen atoms in total. The van der Waals surface area contributed by atoms with Crippen LogP contribution < -0.4 is 14.8 Å². The van der Waals surface area contributed by atoms with Crippen molar-refractivity contribution in [3.63, 3.8) is 0 Å². The maximum absolute atomic E-state index is 12.4. The van der Waals surface area contributed by atoms with Crippen LogP contribution in [0.2, 0.25) is 0 Å². The van der Waals surface area contributed by atoms with E-state index in [0.29, 0.717) is 34.7 Å². The summed E-state index contributed by atoms with van der Waals surface area (Å²) in [7, 11) is 3.14. The number of carbonyl (C=O) groups is 1. The van der Waals surface area contributed by atoms with Gasteiger partial charge in [-0.05, 0) is 31.5 Å². The lowest BCUT2D eigenvalue weighted by molar-refractivity contribution is -0.120. The minimum Gasteiger partial charge on any atom is -0.497 e. The average Bonchev–Trinajstić information content (AvgIpc) is 3.20. The molecule has 0 aliphatic heterocycles. The number of hydrogen-bond acceptors (Lipinski definition) is 7. The van der Waals surface area contributed by atoms with Crippen molar-refractivity contribution in [1.82, 2.24) is 15.5 Å². The van der Waals surface area contributed by atoms with E-state index < -0.39 is 0 Å². The average molecular weight is 413 g/mol. The lowest BCUT2D eigenvalue weighted by Gasteiger charge is -2.10. The molecule has 0 aliphatic rings. The van der Waals surface area contributed by atoms with Crippen molar-refractivity contribution < 1.29 is 18.7 Å². The molecule has 0 spiro atoms. The number of rotatable bonds is 8.